The molecule has 1 aliphatic rings. The molecule has 1 unspecified atom stereocenters. The Bertz CT molecular complexity index is 623. The van der Waals surface area contributed by atoms with Gasteiger partial charge in [0.1, 0.15) is 5.82 Å². The fraction of sp³-hybridized carbons (Fsp3) is 0.375. The molecular weight excluding hydrogens is 273 g/mol. The number of para-hydroxylation sites is 1. The van der Waals surface area contributed by atoms with Gasteiger partial charge in [-0.1, -0.05) is 12.1 Å². The van der Waals surface area contributed by atoms with Crippen LogP contribution in [-0.2, 0) is 6.42 Å². The monoisotopic (exact) mass is 291 g/mol. The van der Waals surface area contributed by atoms with Crippen molar-refractivity contribution in [3.05, 3.63) is 51.5 Å². The minimum absolute atomic E-state index is 0.138. The molecule has 4 heteroatoms. The van der Waals surface area contributed by atoms with Gasteiger partial charge in [0.15, 0.2) is 0 Å². The summed E-state index contributed by atoms with van der Waals surface area (Å²) >= 11 is 1.77. The first-order valence-corrected chi connectivity index (χ1v) is 7.77. The van der Waals surface area contributed by atoms with E-state index in [1.165, 1.54) is 16.5 Å². The van der Waals surface area contributed by atoms with Crippen molar-refractivity contribution in [3.8, 4) is 0 Å². The van der Waals surface area contributed by atoms with Gasteiger partial charge in [-0.2, -0.15) is 0 Å². The highest BCUT2D eigenvalue weighted by molar-refractivity contribution is 7.10. The molecule has 1 N–H and O–H groups in total. The summed E-state index contributed by atoms with van der Waals surface area (Å²) in [5.41, 5.74) is 2.49. The minimum atomic E-state index is -0.670. The van der Waals surface area contributed by atoms with Gasteiger partial charge in [-0.15, -0.1) is 11.3 Å². The molecule has 2 nitrogen and oxygen atoms in total. The van der Waals surface area contributed by atoms with Crippen LogP contribution < -0.4 is 4.90 Å². The van der Waals surface area contributed by atoms with Crippen molar-refractivity contribution in [1.29, 1.82) is 0 Å². The Hall–Kier alpha value is -1.39. The van der Waals surface area contributed by atoms with E-state index in [0.29, 0.717) is 11.3 Å². The second-order valence-electron chi connectivity index (χ2n) is 5.27. The molecule has 0 spiro atoms. The summed E-state index contributed by atoms with van der Waals surface area (Å²) < 4.78 is 14.3. The molecule has 106 valence electrons. The van der Waals surface area contributed by atoms with E-state index in [4.69, 9.17) is 0 Å². The summed E-state index contributed by atoms with van der Waals surface area (Å²) in [7, 11) is 0. The number of aliphatic hydroxyl groups excluding tert-OH is 1. The van der Waals surface area contributed by atoms with E-state index >= 15 is 0 Å². The summed E-state index contributed by atoms with van der Waals surface area (Å²) in [6, 6.07) is 7.20. The number of anilines is 1. The number of hydrogen-bond donors (Lipinski definition) is 1. The van der Waals surface area contributed by atoms with Crippen LogP contribution in [0.15, 0.2) is 29.6 Å². The van der Waals surface area contributed by atoms with Gasteiger partial charge in [0, 0.05) is 17.0 Å². The van der Waals surface area contributed by atoms with Crippen LogP contribution in [0.3, 0.4) is 0 Å². The van der Waals surface area contributed by atoms with Crippen molar-refractivity contribution in [2.75, 3.05) is 11.4 Å². The molecule has 0 aliphatic carbocycles. The van der Waals surface area contributed by atoms with Crippen LogP contribution in [0.5, 0.6) is 0 Å². The molecule has 0 saturated heterocycles. The number of benzene rings is 1. The van der Waals surface area contributed by atoms with Gasteiger partial charge in [-0.25, -0.2) is 4.39 Å². The van der Waals surface area contributed by atoms with Crippen LogP contribution in [0.2, 0.25) is 0 Å². The van der Waals surface area contributed by atoms with Crippen LogP contribution >= 0.6 is 11.3 Å². The third-order valence-corrected chi connectivity index (χ3v) is 5.03. The third-order valence-electron chi connectivity index (χ3n) is 4.03. The predicted octanol–water partition coefficient (Wildman–Crippen LogP) is 4.06. The molecular formula is C16H18FNOS. The van der Waals surface area contributed by atoms with Gasteiger partial charge in [0.25, 0.3) is 0 Å². The van der Waals surface area contributed by atoms with Crippen LogP contribution in [0.1, 0.15) is 42.0 Å². The Balaban J connectivity index is 2.07. The lowest BCUT2D eigenvalue weighted by Crippen LogP contribution is -2.34. The van der Waals surface area contributed by atoms with E-state index < -0.39 is 6.10 Å². The summed E-state index contributed by atoms with van der Waals surface area (Å²) in [6.45, 7) is 4.57. The number of halogens is 1. The van der Waals surface area contributed by atoms with Crippen LogP contribution in [0, 0.1) is 5.82 Å². The zero-order chi connectivity index (χ0) is 14.3. The van der Waals surface area contributed by atoms with Crippen molar-refractivity contribution >= 4 is 17.0 Å². The third kappa shape index (κ3) is 2.13. The first kappa shape index (κ1) is 13.6. The fourth-order valence-corrected chi connectivity index (χ4v) is 3.95. The zero-order valence-corrected chi connectivity index (χ0v) is 12.5. The molecule has 0 fully saturated rings. The lowest BCUT2D eigenvalue weighted by molar-refractivity contribution is 0.199. The molecule has 0 amide bonds. The lowest BCUT2D eigenvalue weighted by atomic mass is 9.98. The first-order valence-electron chi connectivity index (χ1n) is 6.89. The molecule has 0 bridgehead atoms. The summed E-state index contributed by atoms with van der Waals surface area (Å²) in [5.74, 6) is -0.256. The SMILES string of the molecule is CC1c2ccsc2CCN1c1c(F)cccc1[C@@H](C)O. The Morgan fingerprint density at radius 1 is 1.40 bits per heavy atom. The van der Waals surface area contributed by atoms with Crippen molar-refractivity contribution < 1.29 is 9.50 Å². The second-order valence-corrected chi connectivity index (χ2v) is 6.27. The Morgan fingerprint density at radius 3 is 2.95 bits per heavy atom. The smallest absolute Gasteiger partial charge is 0.146 e. The van der Waals surface area contributed by atoms with E-state index in [9.17, 15) is 9.50 Å². The largest absolute Gasteiger partial charge is 0.389 e. The molecule has 0 radical (unpaired) electrons. The number of rotatable bonds is 2. The van der Waals surface area contributed by atoms with Gasteiger partial charge >= 0.3 is 0 Å². The van der Waals surface area contributed by atoms with E-state index in [-0.39, 0.29) is 11.9 Å². The van der Waals surface area contributed by atoms with Crippen LogP contribution in [0.4, 0.5) is 10.1 Å². The highest BCUT2D eigenvalue weighted by atomic mass is 32.1. The second kappa shape index (κ2) is 5.19. The summed E-state index contributed by atoms with van der Waals surface area (Å²) in [5, 5.41) is 12.0. The summed E-state index contributed by atoms with van der Waals surface area (Å²) in [4.78, 5) is 3.47. The average molecular weight is 291 g/mol. The normalized spacial score (nSPS) is 19.8. The Morgan fingerprint density at radius 2 is 2.20 bits per heavy atom. The molecule has 1 aromatic heterocycles. The van der Waals surface area contributed by atoms with Gasteiger partial charge in [-0.05, 0) is 43.3 Å². The number of nitrogens with zero attached hydrogens (tertiary/aromatic N) is 1. The zero-order valence-electron chi connectivity index (χ0n) is 11.6. The van der Waals surface area contributed by atoms with Gasteiger partial charge in [0.05, 0.1) is 17.8 Å². The molecule has 2 atom stereocenters. The number of thiophene rings is 1. The van der Waals surface area contributed by atoms with Crippen molar-refractivity contribution in [2.24, 2.45) is 0 Å². The fourth-order valence-electron chi connectivity index (χ4n) is 2.99. The minimum Gasteiger partial charge on any atom is -0.389 e. The lowest BCUT2D eigenvalue weighted by Gasteiger charge is -2.37. The highest BCUT2D eigenvalue weighted by Gasteiger charge is 2.28. The van der Waals surface area contributed by atoms with E-state index in [1.807, 2.05) is 0 Å². The maximum atomic E-state index is 14.3. The van der Waals surface area contributed by atoms with Crippen molar-refractivity contribution in [3.63, 3.8) is 0 Å². The van der Waals surface area contributed by atoms with Gasteiger partial charge in [-0.3, -0.25) is 0 Å². The number of fused-ring (bicyclic) bond motifs is 1. The van der Waals surface area contributed by atoms with Crippen molar-refractivity contribution in [1.82, 2.24) is 0 Å². The molecule has 20 heavy (non-hydrogen) atoms. The molecule has 1 aromatic carbocycles. The summed E-state index contributed by atoms with van der Waals surface area (Å²) in [6.07, 6.45) is 0.266. The number of aliphatic hydroxyl groups is 1. The molecule has 2 aromatic rings. The van der Waals surface area contributed by atoms with Crippen LogP contribution in [-0.4, -0.2) is 11.7 Å². The Labute approximate surface area is 122 Å². The molecule has 0 saturated carbocycles. The first-order chi connectivity index (χ1) is 9.59. The standard InChI is InChI=1S/C16H18FNOS/c1-10-12-7-9-20-15(12)6-8-18(10)16-13(11(2)19)4-3-5-14(16)17/h3-5,7,9-11,19H,6,8H2,1-2H3/t10?,11-/m1/s1. The molecule has 1 aliphatic heterocycles. The van der Waals surface area contributed by atoms with E-state index in [2.05, 4.69) is 23.3 Å². The highest BCUT2D eigenvalue weighted by Crippen LogP contribution is 2.39. The maximum absolute atomic E-state index is 14.3. The molecule has 2 heterocycles. The topological polar surface area (TPSA) is 23.5 Å². The number of hydrogen-bond acceptors (Lipinski definition) is 3. The molecule has 3 rings (SSSR count). The van der Waals surface area contributed by atoms with Gasteiger partial charge < -0.3 is 10.0 Å². The predicted molar refractivity (Wildman–Crippen MR) is 80.8 cm³/mol. The average Bonchev–Trinajstić information content (AvgIpc) is 2.89. The van der Waals surface area contributed by atoms with E-state index in [1.54, 1.807) is 30.4 Å². The van der Waals surface area contributed by atoms with Crippen LogP contribution in [0.25, 0.3) is 0 Å². The van der Waals surface area contributed by atoms with Crippen molar-refractivity contribution in [2.45, 2.75) is 32.4 Å². The Kier molecular flexibility index (Phi) is 3.52. The quantitative estimate of drug-likeness (QED) is 0.902. The van der Waals surface area contributed by atoms with E-state index in [0.717, 1.165) is 13.0 Å². The maximum Gasteiger partial charge on any atom is 0.146 e. The van der Waals surface area contributed by atoms with Gasteiger partial charge in [0.2, 0.25) is 0 Å².